The molecule has 1 atom stereocenters. The van der Waals surface area contributed by atoms with E-state index in [4.69, 9.17) is 0 Å². The summed E-state index contributed by atoms with van der Waals surface area (Å²) in [5.41, 5.74) is 1.38. The Kier molecular flexibility index (Phi) is 3.58. The summed E-state index contributed by atoms with van der Waals surface area (Å²) in [5, 5.41) is 18.1. The molecular formula is C10H14BrN5O. The molecule has 0 amide bonds. The van der Waals surface area contributed by atoms with Gasteiger partial charge in [0.25, 0.3) is 0 Å². The predicted molar refractivity (Wildman–Crippen MR) is 65.3 cm³/mol. The second kappa shape index (κ2) is 4.97. The summed E-state index contributed by atoms with van der Waals surface area (Å²) in [7, 11) is 1.75. The summed E-state index contributed by atoms with van der Waals surface area (Å²) < 4.78 is 4.04. The molecule has 0 spiro atoms. The number of imidazole rings is 1. The summed E-state index contributed by atoms with van der Waals surface area (Å²) in [5.74, 6) is 0. The first-order valence-electron chi connectivity index (χ1n) is 5.38. The van der Waals surface area contributed by atoms with E-state index < -0.39 is 6.10 Å². The minimum Gasteiger partial charge on any atom is -0.380 e. The first-order chi connectivity index (χ1) is 8.15. The van der Waals surface area contributed by atoms with Crippen molar-refractivity contribution >= 4 is 15.9 Å². The second-order valence-electron chi connectivity index (χ2n) is 3.80. The second-order valence-corrected chi connectivity index (χ2v) is 4.55. The topological polar surface area (TPSA) is 68.8 Å². The molecular weight excluding hydrogens is 286 g/mol. The van der Waals surface area contributed by atoms with E-state index in [1.165, 1.54) is 0 Å². The molecule has 0 aromatic carbocycles. The van der Waals surface area contributed by atoms with Crippen molar-refractivity contribution in [2.24, 2.45) is 7.05 Å². The fraction of sp³-hybridized carbons (Fsp3) is 0.500. The van der Waals surface area contributed by atoms with E-state index in [9.17, 15) is 5.11 Å². The van der Waals surface area contributed by atoms with Crippen molar-refractivity contribution in [1.29, 1.82) is 0 Å². The lowest BCUT2D eigenvalue weighted by molar-refractivity contribution is 0.198. The molecule has 0 radical (unpaired) electrons. The minimum absolute atomic E-state index is 0.553. The Morgan fingerprint density at radius 2 is 2.29 bits per heavy atom. The molecule has 2 rings (SSSR count). The van der Waals surface area contributed by atoms with Gasteiger partial charge < -0.3 is 9.67 Å². The number of hydrogen-bond acceptors (Lipinski definition) is 4. The molecule has 2 aromatic heterocycles. The third-order valence-corrected chi connectivity index (χ3v) is 3.14. The highest BCUT2D eigenvalue weighted by Gasteiger charge is 2.22. The largest absolute Gasteiger partial charge is 0.380 e. The molecule has 1 N–H and O–H groups in total. The zero-order chi connectivity index (χ0) is 12.4. The van der Waals surface area contributed by atoms with Crippen LogP contribution in [0.4, 0.5) is 0 Å². The lowest BCUT2D eigenvalue weighted by Gasteiger charge is -2.13. The number of rotatable bonds is 4. The Labute approximate surface area is 107 Å². The van der Waals surface area contributed by atoms with Crippen LogP contribution in [-0.4, -0.2) is 29.7 Å². The third kappa shape index (κ3) is 2.25. The summed E-state index contributed by atoms with van der Waals surface area (Å²) >= 11 is 3.28. The zero-order valence-corrected chi connectivity index (χ0v) is 11.3. The summed E-state index contributed by atoms with van der Waals surface area (Å²) in [4.78, 5) is 4.07. The molecule has 0 saturated heterocycles. The molecule has 7 heteroatoms. The number of halogens is 1. The first-order valence-corrected chi connectivity index (χ1v) is 6.17. The average Bonchev–Trinajstić information content (AvgIpc) is 2.86. The highest BCUT2D eigenvalue weighted by molar-refractivity contribution is 9.10. The van der Waals surface area contributed by atoms with Crippen LogP contribution >= 0.6 is 15.9 Å². The van der Waals surface area contributed by atoms with Crippen molar-refractivity contribution in [2.75, 3.05) is 0 Å². The van der Waals surface area contributed by atoms with Crippen LogP contribution in [0.2, 0.25) is 0 Å². The maximum Gasteiger partial charge on any atom is 0.154 e. The van der Waals surface area contributed by atoms with Gasteiger partial charge in [-0.1, -0.05) is 12.1 Å². The molecule has 2 heterocycles. The number of nitrogens with zero attached hydrogens (tertiary/aromatic N) is 5. The van der Waals surface area contributed by atoms with Crippen molar-refractivity contribution in [3.63, 3.8) is 0 Å². The van der Waals surface area contributed by atoms with E-state index >= 15 is 0 Å². The van der Waals surface area contributed by atoms with E-state index in [-0.39, 0.29) is 0 Å². The maximum absolute atomic E-state index is 10.3. The Balaban J connectivity index is 2.37. The van der Waals surface area contributed by atoms with Crippen LogP contribution in [0.5, 0.6) is 0 Å². The highest BCUT2D eigenvalue weighted by atomic mass is 79.9. The number of aryl methyl sites for hydroxylation is 2. The normalized spacial score (nSPS) is 12.9. The van der Waals surface area contributed by atoms with Gasteiger partial charge in [-0.2, -0.15) is 0 Å². The van der Waals surface area contributed by atoms with Crippen molar-refractivity contribution < 1.29 is 5.11 Å². The van der Waals surface area contributed by atoms with E-state index in [0.717, 1.165) is 18.7 Å². The average molecular weight is 300 g/mol. The quantitative estimate of drug-likeness (QED) is 0.923. The van der Waals surface area contributed by atoms with Crippen molar-refractivity contribution in [3.8, 4) is 0 Å². The molecule has 0 aliphatic heterocycles. The monoisotopic (exact) mass is 299 g/mol. The standard InChI is InChI=1S/C10H14BrN5O/c1-3-4-16-6-12-5-7(16)9(17)8-10(11)13-14-15(8)2/h5-6,9,17H,3-4H2,1-2H3. The van der Waals surface area contributed by atoms with Crippen LogP contribution in [0.25, 0.3) is 0 Å². The van der Waals surface area contributed by atoms with Gasteiger partial charge in [0, 0.05) is 13.6 Å². The molecule has 6 nitrogen and oxygen atoms in total. The van der Waals surface area contributed by atoms with Crippen molar-refractivity contribution in [3.05, 3.63) is 28.5 Å². The van der Waals surface area contributed by atoms with Crippen LogP contribution in [-0.2, 0) is 13.6 Å². The van der Waals surface area contributed by atoms with Gasteiger partial charge in [-0.05, 0) is 22.4 Å². The molecule has 17 heavy (non-hydrogen) atoms. The van der Waals surface area contributed by atoms with Gasteiger partial charge >= 0.3 is 0 Å². The van der Waals surface area contributed by atoms with E-state index in [0.29, 0.717) is 10.3 Å². The van der Waals surface area contributed by atoms with Gasteiger partial charge in [-0.25, -0.2) is 9.67 Å². The van der Waals surface area contributed by atoms with Crippen LogP contribution in [0.1, 0.15) is 30.8 Å². The minimum atomic E-state index is -0.779. The third-order valence-electron chi connectivity index (χ3n) is 2.57. The van der Waals surface area contributed by atoms with Crippen LogP contribution in [0.3, 0.4) is 0 Å². The van der Waals surface area contributed by atoms with Gasteiger partial charge in [0.15, 0.2) is 4.60 Å². The summed E-state index contributed by atoms with van der Waals surface area (Å²) in [6.45, 7) is 2.91. The maximum atomic E-state index is 10.3. The lowest BCUT2D eigenvalue weighted by Crippen LogP contribution is -2.12. The van der Waals surface area contributed by atoms with E-state index in [1.807, 2.05) is 4.57 Å². The van der Waals surface area contributed by atoms with Crippen molar-refractivity contribution in [2.45, 2.75) is 26.0 Å². The Morgan fingerprint density at radius 1 is 1.53 bits per heavy atom. The van der Waals surface area contributed by atoms with Crippen molar-refractivity contribution in [1.82, 2.24) is 24.5 Å². The van der Waals surface area contributed by atoms with E-state index in [2.05, 4.69) is 38.1 Å². The van der Waals surface area contributed by atoms with Gasteiger partial charge in [-0.3, -0.25) is 0 Å². The molecule has 0 saturated carbocycles. The number of aliphatic hydroxyl groups excluding tert-OH is 1. The molecule has 2 aromatic rings. The zero-order valence-electron chi connectivity index (χ0n) is 9.71. The number of hydrogen-bond donors (Lipinski definition) is 1. The Bertz CT molecular complexity index is 487. The Morgan fingerprint density at radius 3 is 2.88 bits per heavy atom. The van der Waals surface area contributed by atoms with Gasteiger partial charge in [-0.15, -0.1) is 5.10 Å². The molecule has 0 aliphatic carbocycles. The van der Waals surface area contributed by atoms with Crippen LogP contribution < -0.4 is 0 Å². The lowest BCUT2D eigenvalue weighted by atomic mass is 10.2. The molecule has 0 aliphatic rings. The fourth-order valence-corrected chi connectivity index (χ4v) is 2.30. The fourth-order valence-electron chi connectivity index (χ4n) is 1.76. The molecule has 1 unspecified atom stereocenters. The number of aliphatic hydroxyl groups is 1. The summed E-state index contributed by atoms with van der Waals surface area (Å²) in [6, 6.07) is 0. The smallest absolute Gasteiger partial charge is 0.154 e. The highest BCUT2D eigenvalue weighted by Crippen LogP contribution is 2.26. The number of aromatic nitrogens is 5. The summed E-state index contributed by atoms with van der Waals surface area (Å²) in [6.07, 6.45) is 3.60. The SMILES string of the molecule is CCCn1cncc1C(O)c1c(Br)nnn1C. The van der Waals surface area contributed by atoms with Gasteiger partial charge in [0.2, 0.25) is 0 Å². The van der Waals surface area contributed by atoms with Gasteiger partial charge in [0.1, 0.15) is 11.8 Å². The molecule has 92 valence electrons. The Hall–Kier alpha value is -1.21. The van der Waals surface area contributed by atoms with Crippen LogP contribution in [0.15, 0.2) is 17.1 Å². The predicted octanol–water partition coefficient (Wildman–Crippen LogP) is 1.27. The molecule has 0 fully saturated rings. The van der Waals surface area contributed by atoms with Gasteiger partial charge in [0.05, 0.1) is 18.2 Å². The van der Waals surface area contributed by atoms with Crippen LogP contribution in [0, 0.1) is 0 Å². The first kappa shape index (κ1) is 12.3. The molecule has 0 bridgehead atoms. The van der Waals surface area contributed by atoms with E-state index in [1.54, 1.807) is 24.3 Å².